The summed E-state index contributed by atoms with van der Waals surface area (Å²) in [7, 11) is 0. The molecule has 0 saturated carbocycles. The van der Waals surface area contributed by atoms with E-state index in [1.165, 1.54) is 11.4 Å². The third-order valence-corrected chi connectivity index (χ3v) is 2.74. The second-order valence-corrected chi connectivity index (χ2v) is 3.83. The molecule has 0 aliphatic heterocycles. The van der Waals surface area contributed by atoms with Crippen molar-refractivity contribution in [1.82, 2.24) is 4.57 Å². The molecule has 1 aromatic carbocycles. The summed E-state index contributed by atoms with van der Waals surface area (Å²) in [5.74, 6) is 0.366. The number of phenols is 1. The first-order valence-electron chi connectivity index (χ1n) is 5.08. The summed E-state index contributed by atoms with van der Waals surface area (Å²) in [6.07, 6.45) is 0. The molecule has 2 nitrogen and oxygen atoms in total. The fourth-order valence-corrected chi connectivity index (χ4v) is 1.76. The molecule has 0 saturated heterocycles. The van der Waals surface area contributed by atoms with E-state index in [2.05, 4.69) is 30.5 Å². The molecule has 2 heteroatoms. The summed E-state index contributed by atoms with van der Waals surface area (Å²) in [6, 6.07) is 11.7. The summed E-state index contributed by atoms with van der Waals surface area (Å²) >= 11 is 0. The van der Waals surface area contributed by atoms with Gasteiger partial charge in [-0.1, -0.05) is 18.2 Å². The highest BCUT2D eigenvalue weighted by Gasteiger charge is 2.04. The van der Waals surface area contributed by atoms with Crippen LogP contribution in [-0.4, -0.2) is 9.67 Å². The summed E-state index contributed by atoms with van der Waals surface area (Å²) in [6.45, 7) is 4.89. The van der Waals surface area contributed by atoms with Crippen LogP contribution in [0.5, 0.6) is 5.75 Å². The van der Waals surface area contributed by atoms with E-state index in [4.69, 9.17) is 0 Å². The highest BCUT2D eigenvalue weighted by atomic mass is 16.3. The molecule has 0 aliphatic rings. The van der Waals surface area contributed by atoms with Crippen LogP contribution in [-0.2, 0) is 6.54 Å². The second kappa shape index (κ2) is 3.81. The second-order valence-electron chi connectivity index (χ2n) is 3.83. The Morgan fingerprint density at radius 3 is 2.20 bits per heavy atom. The third kappa shape index (κ3) is 1.89. The maximum Gasteiger partial charge on any atom is 0.120 e. The van der Waals surface area contributed by atoms with E-state index in [0.717, 1.165) is 12.1 Å². The monoisotopic (exact) mass is 201 g/mol. The van der Waals surface area contributed by atoms with Crippen LogP contribution < -0.4 is 0 Å². The van der Waals surface area contributed by atoms with Crippen molar-refractivity contribution >= 4 is 0 Å². The Bertz CT molecular complexity index is 452. The normalized spacial score (nSPS) is 10.5. The molecule has 0 unspecified atom stereocenters. The summed E-state index contributed by atoms with van der Waals surface area (Å²) in [5, 5.41) is 9.68. The highest BCUT2D eigenvalue weighted by Crippen LogP contribution is 2.19. The van der Waals surface area contributed by atoms with Crippen LogP contribution >= 0.6 is 0 Å². The number of benzene rings is 1. The zero-order valence-electron chi connectivity index (χ0n) is 9.07. The minimum Gasteiger partial charge on any atom is -0.508 e. The van der Waals surface area contributed by atoms with Gasteiger partial charge in [-0.2, -0.15) is 0 Å². The van der Waals surface area contributed by atoms with Crippen LogP contribution in [0, 0.1) is 13.8 Å². The first kappa shape index (κ1) is 9.84. The van der Waals surface area contributed by atoms with Gasteiger partial charge in [0.05, 0.1) is 6.54 Å². The number of aryl methyl sites for hydroxylation is 2. The van der Waals surface area contributed by atoms with Crippen molar-refractivity contribution in [2.75, 3.05) is 0 Å². The molecule has 2 rings (SSSR count). The minimum absolute atomic E-state index is 0.366. The van der Waals surface area contributed by atoms with Crippen LogP contribution in [0.2, 0.25) is 0 Å². The Balaban J connectivity index is 2.34. The Morgan fingerprint density at radius 2 is 1.60 bits per heavy atom. The van der Waals surface area contributed by atoms with Crippen molar-refractivity contribution in [2.45, 2.75) is 20.4 Å². The quantitative estimate of drug-likeness (QED) is 0.794. The van der Waals surface area contributed by atoms with Gasteiger partial charge in [-0.25, -0.2) is 0 Å². The van der Waals surface area contributed by atoms with E-state index in [-0.39, 0.29) is 0 Å². The topological polar surface area (TPSA) is 25.2 Å². The standard InChI is InChI=1S/C13H15NO/c1-10-7-8-11(2)14(10)9-12-5-3-4-6-13(12)15/h3-8,15H,9H2,1-2H3. The van der Waals surface area contributed by atoms with Gasteiger partial charge in [-0.05, 0) is 32.0 Å². The lowest BCUT2D eigenvalue weighted by Gasteiger charge is -2.10. The molecular formula is C13H15NO. The average Bonchev–Trinajstić information content (AvgIpc) is 2.53. The molecular weight excluding hydrogens is 186 g/mol. The van der Waals surface area contributed by atoms with Crippen molar-refractivity contribution in [3.05, 3.63) is 53.3 Å². The van der Waals surface area contributed by atoms with Gasteiger partial charge in [-0.15, -0.1) is 0 Å². The fraction of sp³-hybridized carbons (Fsp3) is 0.231. The van der Waals surface area contributed by atoms with E-state index in [9.17, 15) is 5.11 Å². The van der Waals surface area contributed by atoms with E-state index in [1.807, 2.05) is 18.2 Å². The Kier molecular flexibility index (Phi) is 2.50. The van der Waals surface area contributed by atoms with Gasteiger partial charge in [0, 0.05) is 17.0 Å². The molecule has 1 N–H and O–H groups in total. The van der Waals surface area contributed by atoms with Crippen molar-refractivity contribution in [3.8, 4) is 5.75 Å². The van der Waals surface area contributed by atoms with Gasteiger partial charge in [0.15, 0.2) is 0 Å². The lowest BCUT2D eigenvalue weighted by Crippen LogP contribution is -2.03. The lowest BCUT2D eigenvalue weighted by molar-refractivity contribution is 0.465. The number of hydrogen-bond donors (Lipinski definition) is 1. The molecule has 78 valence electrons. The van der Waals surface area contributed by atoms with Gasteiger partial charge < -0.3 is 9.67 Å². The van der Waals surface area contributed by atoms with E-state index in [1.54, 1.807) is 6.07 Å². The van der Waals surface area contributed by atoms with Crippen molar-refractivity contribution in [1.29, 1.82) is 0 Å². The molecule has 2 aromatic rings. The van der Waals surface area contributed by atoms with Crippen molar-refractivity contribution < 1.29 is 5.11 Å². The fourth-order valence-electron chi connectivity index (χ4n) is 1.76. The number of hydrogen-bond acceptors (Lipinski definition) is 1. The largest absolute Gasteiger partial charge is 0.508 e. The number of para-hydroxylation sites is 1. The molecule has 0 aliphatic carbocycles. The molecule has 0 bridgehead atoms. The van der Waals surface area contributed by atoms with Crippen LogP contribution in [0.3, 0.4) is 0 Å². The molecule has 15 heavy (non-hydrogen) atoms. The van der Waals surface area contributed by atoms with E-state index >= 15 is 0 Å². The van der Waals surface area contributed by atoms with Crippen LogP contribution in [0.1, 0.15) is 17.0 Å². The number of nitrogens with zero attached hydrogens (tertiary/aromatic N) is 1. The molecule has 0 fully saturated rings. The van der Waals surface area contributed by atoms with E-state index in [0.29, 0.717) is 5.75 Å². The molecule has 0 radical (unpaired) electrons. The number of rotatable bonds is 2. The van der Waals surface area contributed by atoms with Gasteiger partial charge in [0.1, 0.15) is 5.75 Å². The van der Waals surface area contributed by atoms with Gasteiger partial charge in [0.2, 0.25) is 0 Å². The number of aromatic nitrogens is 1. The minimum atomic E-state index is 0.366. The van der Waals surface area contributed by atoms with Gasteiger partial charge >= 0.3 is 0 Å². The maximum absolute atomic E-state index is 9.68. The Labute approximate surface area is 89.8 Å². The molecule has 1 heterocycles. The number of aromatic hydroxyl groups is 1. The smallest absolute Gasteiger partial charge is 0.120 e. The SMILES string of the molecule is Cc1ccc(C)n1Cc1ccccc1O. The predicted molar refractivity (Wildman–Crippen MR) is 61.1 cm³/mol. The van der Waals surface area contributed by atoms with Gasteiger partial charge in [-0.3, -0.25) is 0 Å². The van der Waals surface area contributed by atoms with E-state index < -0.39 is 0 Å². The molecule has 0 atom stereocenters. The predicted octanol–water partition coefficient (Wildman–Crippen LogP) is 2.86. The maximum atomic E-state index is 9.68. The molecule has 1 aromatic heterocycles. The van der Waals surface area contributed by atoms with Gasteiger partial charge in [0.25, 0.3) is 0 Å². The Hall–Kier alpha value is -1.70. The third-order valence-electron chi connectivity index (χ3n) is 2.74. The summed E-state index contributed by atoms with van der Waals surface area (Å²) in [4.78, 5) is 0. The Morgan fingerprint density at radius 1 is 1.00 bits per heavy atom. The van der Waals surface area contributed by atoms with Crippen LogP contribution in [0.4, 0.5) is 0 Å². The van der Waals surface area contributed by atoms with Crippen LogP contribution in [0.15, 0.2) is 36.4 Å². The zero-order chi connectivity index (χ0) is 10.8. The highest BCUT2D eigenvalue weighted by molar-refractivity contribution is 5.32. The van der Waals surface area contributed by atoms with Crippen molar-refractivity contribution in [3.63, 3.8) is 0 Å². The first-order valence-corrected chi connectivity index (χ1v) is 5.08. The lowest BCUT2D eigenvalue weighted by atomic mass is 10.2. The van der Waals surface area contributed by atoms with Crippen LogP contribution in [0.25, 0.3) is 0 Å². The van der Waals surface area contributed by atoms with Crippen molar-refractivity contribution in [2.24, 2.45) is 0 Å². The summed E-state index contributed by atoms with van der Waals surface area (Å²) in [5.41, 5.74) is 3.39. The molecule has 0 spiro atoms. The molecule has 0 amide bonds. The summed E-state index contributed by atoms with van der Waals surface area (Å²) < 4.78 is 2.19. The number of phenolic OH excluding ortho intramolecular Hbond substituents is 1. The zero-order valence-corrected chi connectivity index (χ0v) is 9.07. The average molecular weight is 201 g/mol. The first-order chi connectivity index (χ1) is 7.18.